The van der Waals surface area contributed by atoms with Crippen LogP contribution in [0.15, 0.2) is 5.03 Å². The lowest BCUT2D eigenvalue weighted by Gasteiger charge is -2.28. The van der Waals surface area contributed by atoms with Gasteiger partial charge in [-0.05, 0) is 37.9 Å². The monoisotopic (exact) mass is 415 g/mol. The molecule has 152 valence electrons. The Bertz CT molecular complexity index is 614. The Labute approximate surface area is 168 Å². The summed E-state index contributed by atoms with van der Waals surface area (Å²) in [5, 5.41) is 16.0. The van der Waals surface area contributed by atoms with Crippen molar-refractivity contribution < 1.29 is 19.8 Å². The fraction of sp³-hybridized carbons (Fsp3) is 0.778. The smallest absolute Gasteiger partial charge is 0.414 e. The van der Waals surface area contributed by atoms with E-state index >= 15 is 0 Å². The first kappa shape index (κ1) is 22.1. The Morgan fingerprint density at radius 1 is 1.15 bits per heavy atom. The van der Waals surface area contributed by atoms with Crippen molar-refractivity contribution in [3.63, 3.8) is 0 Å². The SMILES string of the molecule is CCCCCCSc1nsnc1C1CN2CC1CCC2C.O=C(O)C(=O)O. The fourth-order valence-electron chi connectivity index (χ4n) is 3.72. The number of aliphatic carboxylic acids is 2. The highest BCUT2D eigenvalue weighted by Gasteiger charge is 2.41. The van der Waals surface area contributed by atoms with Gasteiger partial charge in [-0.1, -0.05) is 26.2 Å². The zero-order valence-corrected chi connectivity index (χ0v) is 17.6. The van der Waals surface area contributed by atoms with Crippen LogP contribution in [0.3, 0.4) is 0 Å². The summed E-state index contributed by atoms with van der Waals surface area (Å²) in [6.45, 7) is 7.13. The van der Waals surface area contributed by atoms with Gasteiger partial charge < -0.3 is 10.2 Å². The van der Waals surface area contributed by atoms with Gasteiger partial charge in [0.15, 0.2) is 0 Å². The Kier molecular flexibility index (Phi) is 8.98. The van der Waals surface area contributed by atoms with Crippen molar-refractivity contribution in [1.82, 2.24) is 13.6 Å². The predicted octanol–water partition coefficient (Wildman–Crippen LogP) is 3.56. The van der Waals surface area contributed by atoms with E-state index in [0.717, 1.165) is 12.0 Å². The largest absolute Gasteiger partial charge is 0.473 e. The van der Waals surface area contributed by atoms with E-state index in [1.54, 1.807) is 0 Å². The van der Waals surface area contributed by atoms with Gasteiger partial charge in [0.05, 0.1) is 17.4 Å². The van der Waals surface area contributed by atoms with Crippen LogP contribution in [0, 0.1) is 5.92 Å². The molecular formula is C18H29N3O4S2. The summed E-state index contributed by atoms with van der Waals surface area (Å²) in [6.07, 6.45) is 8.07. The van der Waals surface area contributed by atoms with E-state index in [9.17, 15) is 0 Å². The molecule has 0 aliphatic carbocycles. The fourth-order valence-corrected chi connectivity index (χ4v) is 5.49. The minimum Gasteiger partial charge on any atom is -0.473 e. The van der Waals surface area contributed by atoms with Crippen molar-refractivity contribution in [3.8, 4) is 0 Å². The second kappa shape index (κ2) is 11.0. The molecule has 0 amide bonds. The van der Waals surface area contributed by atoms with Gasteiger partial charge in [-0.25, -0.2) is 9.59 Å². The number of thioether (sulfide) groups is 1. The molecule has 2 fully saturated rings. The highest BCUT2D eigenvalue weighted by Crippen LogP contribution is 2.43. The molecule has 2 aliphatic heterocycles. The van der Waals surface area contributed by atoms with Crippen LogP contribution in [0.4, 0.5) is 0 Å². The normalized spacial score (nSPS) is 26.3. The molecular weight excluding hydrogens is 386 g/mol. The maximum atomic E-state index is 9.10. The highest BCUT2D eigenvalue weighted by molar-refractivity contribution is 7.99. The number of carboxylic acids is 2. The van der Waals surface area contributed by atoms with Crippen molar-refractivity contribution in [3.05, 3.63) is 5.69 Å². The van der Waals surface area contributed by atoms with Crippen LogP contribution in [0.1, 0.15) is 64.0 Å². The molecule has 3 rings (SSSR count). The molecule has 4 unspecified atom stereocenters. The van der Waals surface area contributed by atoms with Crippen LogP contribution in [-0.4, -0.2) is 60.7 Å². The summed E-state index contributed by atoms with van der Waals surface area (Å²) in [7, 11) is 0. The number of hydrogen-bond donors (Lipinski definition) is 2. The van der Waals surface area contributed by atoms with E-state index in [1.807, 2.05) is 11.8 Å². The van der Waals surface area contributed by atoms with E-state index in [-0.39, 0.29) is 0 Å². The molecule has 1 aromatic heterocycles. The number of nitrogens with zero attached hydrogens (tertiary/aromatic N) is 3. The summed E-state index contributed by atoms with van der Waals surface area (Å²) in [5.41, 5.74) is 1.32. The number of aromatic nitrogens is 2. The van der Waals surface area contributed by atoms with Crippen molar-refractivity contribution >= 4 is 35.4 Å². The molecule has 7 nitrogen and oxygen atoms in total. The third kappa shape index (κ3) is 6.43. The molecule has 27 heavy (non-hydrogen) atoms. The first-order valence-electron chi connectivity index (χ1n) is 9.59. The van der Waals surface area contributed by atoms with Crippen molar-refractivity contribution in [1.29, 1.82) is 0 Å². The van der Waals surface area contributed by atoms with Gasteiger partial charge >= 0.3 is 11.9 Å². The lowest BCUT2D eigenvalue weighted by molar-refractivity contribution is -0.159. The van der Waals surface area contributed by atoms with Gasteiger partial charge in [0, 0.05) is 25.0 Å². The minimum atomic E-state index is -1.82. The number of rotatable bonds is 7. The third-order valence-corrected chi connectivity index (χ3v) is 7.03. The van der Waals surface area contributed by atoms with Crippen LogP contribution in [-0.2, 0) is 9.59 Å². The molecule has 4 atom stereocenters. The number of fused-ring (bicyclic) bond motifs is 2. The van der Waals surface area contributed by atoms with Crippen molar-refractivity contribution in [2.24, 2.45) is 5.92 Å². The molecule has 2 aliphatic rings. The van der Waals surface area contributed by atoms with Crippen LogP contribution >= 0.6 is 23.5 Å². The second-order valence-corrected chi connectivity index (χ2v) is 8.83. The average Bonchev–Trinajstić information content (AvgIpc) is 3.23. The topological polar surface area (TPSA) is 104 Å². The van der Waals surface area contributed by atoms with Crippen LogP contribution in [0.2, 0.25) is 0 Å². The van der Waals surface area contributed by atoms with Gasteiger partial charge in [-0.15, -0.1) is 11.8 Å². The summed E-state index contributed by atoms with van der Waals surface area (Å²) < 4.78 is 9.27. The zero-order chi connectivity index (χ0) is 19.8. The minimum absolute atomic E-state index is 0.645. The van der Waals surface area contributed by atoms with Gasteiger partial charge in [-0.3, -0.25) is 4.90 Å². The van der Waals surface area contributed by atoms with Crippen LogP contribution in [0.5, 0.6) is 0 Å². The molecule has 0 saturated carbocycles. The predicted molar refractivity (Wildman–Crippen MR) is 107 cm³/mol. The summed E-state index contributed by atoms with van der Waals surface area (Å²) in [5.74, 6) is -0.975. The maximum absolute atomic E-state index is 9.10. The molecule has 0 aromatic carbocycles. The molecule has 9 heteroatoms. The molecule has 2 N–H and O–H groups in total. The van der Waals surface area contributed by atoms with E-state index in [4.69, 9.17) is 19.8 Å². The number of carbonyl (C=O) groups is 2. The van der Waals surface area contributed by atoms with Crippen LogP contribution in [0.25, 0.3) is 0 Å². The Balaban J connectivity index is 0.000000380. The van der Waals surface area contributed by atoms with Crippen molar-refractivity contribution in [2.45, 2.75) is 69.4 Å². The Morgan fingerprint density at radius 2 is 1.89 bits per heavy atom. The summed E-state index contributed by atoms with van der Waals surface area (Å²) >= 11 is 3.36. The highest BCUT2D eigenvalue weighted by atomic mass is 32.2. The first-order chi connectivity index (χ1) is 12.9. The number of hydrogen-bond acceptors (Lipinski definition) is 7. The van der Waals surface area contributed by atoms with Gasteiger partial charge in [0.25, 0.3) is 0 Å². The third-order valence-electron chi connectivity index (χ3n) is 5.30. The molecule has 2 bridgehead atoms. The van der Waals surface area contributed by atoms with E-state index in [0.29, 0.717) is 5.92 Å². The summed E-state index contributed by atoms with van der Waals surface area (Å²) in [4.78, 5) is 20.9. The van der Waals surface area contributed by atoms with Gasteiger partial charge in [-0.2, -0.15) is 8.75 Å². The lowest BCUT2D eigenvalue weighted by atomic mass is 9.88. The first-order valence-corrected chi connectivity index (χ1v) is 11.3. The van der Waals surface area contributed by atoms with Crippen molar-refractivity contribution in [2.75, 3.05) is 18.8 Å². The molecule has 0 spiro atoms. The van der Waals surface area contributed by atoms with E-state index in [1.165, 1.54) is 79.8 Å². The van der Waals surface area contributed by atoms with E-state index < -0.39 is 11.9 Å². The maximum Gasteiger partial charge on any atom is 0.414 e. The molecule has 3 heterocycles. The average molecular weight is 416 g/mol. The zero-order valence-electron chi connectivity index (χ0n) is 16.0. The standard InChI is InChI=1S/C16H27N3S2.C2H2O4/c1-3-4-5-6-9-20-16-15(17-21-18-16)14-11-19-10-13(14)8-7-12(19)2;3-1(4)2(5)6/h12-14H,3-11H2,1-2H3;(H,3,4)(H,5,6). The quantitative estimate of drug-likeness (QED) is 0.396. The molecule has 2 saturated heterocycles. The number of unbranched alkanes of at least 4 members (excludes halogenated alkanes) is 3. The van der Waals surface area contributed by atoms with Gasteiger partial charge in [0.2, 0.25) is 0 Å². The number of carboxylic acid groups (broad SMARTS) is 2. The Hall–Kier alpha value is -1.19. The Morgan fingerprint density at radius 3 is 2.52 bits per heavy atom. The second-order valence-electron chi connectivity index (χ2n) is 7.22. The lowest BCUT2D eigenvalue weighted by Crippen LogP contribution is -2.34. The van der Waals surface area contributed by atoms with Crippen LogP contribution < -0.4 is 0 Å². The molecule has 0 radical (unpaired) electrons. The van der Waals surface area contributed by atoms with E-state index in [2.05, 4.69) is 27.5 Å². The van der Waals surface area contributed by atoms with Gasteiger partial charge in [0.1, 0.15) is 5.03 Å². The molecule has 1 aromatic rings. The summed E-state index contributed by atoms with van der Waals surface area (Å²) in [6, 6.07) is 0.767. The number of piperidine rings is 1.